The van der Waals surface area contributed by atoms with Crippen molar-refractivity contribution in [1.82, 2.24) is 14.4 Å². The molecule has 7 heteroatoms. The highest BCUT2D eigenvalue weighted by atomic mass is 16.5. The number of carbonyl (C=O) groups is 1. The van der Waals surface area contributed by atoms with Gasteiger partial charge in [0.15, 0.2) is 11.5 Å². The van der Waals surface area contributed by atoms with Gasteiger partial charge in [-0.1, -0.05) is 51.1 Å². The predicted molar refractivity (Wildman–Crippen MR) is 148 cm³/mol. The van der Waals surface area contributed by atoms with Crippen LogP contribution in [-0.2, 0) is 5.41 Å². The van der Waals surface area contributed by atoms with E-state index in [4.69, 9.17) is 9.72 Å². The molecular formula is C30H29N5O2. The Bertz CT molecular complexity index is 1570. The van der Waals surface area contributed by atoms with Gasteiger partial charge < -0.3 is 19.8 Å². The van der Waals surface area contributed by atoms with Gasteiger partial charge in [-0.25, -0.2) is 9.97 Å². The zero-order valence-electron chi connectivity index (χ0n) is 21.3. The highest BCUT2D eigenvalue weighted by molar-refractivity contribution is 6.04. The van der Waals surface area contributed by atoms with Crippen molar-refractivity contribution in [1.29, 1.82) is 0 Å². The van der Waals surface area contributed by atoms with E-state index in [0.29, 0.717) is 22.7 Å². The Morgan fingerprint density at radius 3 is 2.46 bits per heavy atom. The maximum Gasteiger partial charge on any atom is 0.255 e. The molecule has 0 bridgehead atoms. The van der Waals surface area contributed by atoms with Gasteiger partial charge in [-0.05, 0) is 47.4 Å². The van der Waals surface area contributed by atoms with Crippen molar-refractivity contribution < 1.29 is 9.53 Å². The second-order valence-corrected chi connectivity index (χ2v) is 9.85. The summed E-state index contributed by atoms with van der Waals surface area (Å²) in [5.41, 5.74) is 5.67. The molecule has 3 aromatic carbocycles. The van der Waals surface area contributed by atoms with Crippen LogP contribution >= 0.6 is 0 Å². The van der Waals surface area contributed by atoms with E-state index in [0.717, 1.165) is 22.7 Å². The van der Waals surface area contributed by atoms with Gasteiger partial charge in [-0.3, -0.25) is 4.79 Å². The summed E-state index contributed by atoms with van der Waals surface area (Å²) in [6, 6.07) is 23.1. The molecule has 2 aromatic heterocycles. The van der Waals surface area contributed by atoms with E-state index in [9.17, 15) is 4.79 Å². The normalized spacial score (nSPS) is 11.4. The maximum atomic E-state index is 12.9. The molecule has 2 heterocycles. The zero-order valence-corrected chi connectivity index (χ0v) is 21.3. The number of aromatic nitrogens is 3. The molecule has 2 N–H and O–H groups in total. The van der Waals surface area contributed by atoms with E-state index < -0.39 is 0 Å². The van der Waals surface area contributed by atoms with Gasteiger partial charge in [-0.15, -0.1) is 0 Å². The monoisotopic (exact) mass is 491 g/mol. The molecule has 0 aliphatic heterocycles. The van der Waals surface area contributed by atoms with Crippen LogP contribution in [0.25, 0.3) is 16.9 Å². The van der Waals surface area contributed by atoms with Crippen LogP contribution in [0.2, 0.25) is 0 Å². The molecule has 0 spiro atoms. The number of anilines is 3. The van der Waals surface area contributed by atoms with Gasteiger partial charge in [0, 0.05) is 47.2 Å². The average Bonchev–Trinajstić information content (AvgIpc) is 3.38. The van der Waals surface area contributed by atoms with Crippen molar-refractivity contribution in [2.24, 2.45) is 0 Å². The van der Waals surface area contributed by atoms with Gasteiger partial charge >= 0.3 is 0 Å². The van der Waals surface area contributed by atoms with Gasteiger partial charge in [0.1, 0.15) is 5.75 Å². The number of amides is 1. The summed E-state index contributed by atoms with van der Waals surface area (Å²) in [6.45, 7) is 6.46. The number of hydrogen-bond acceptors (Lipinski definition) is 5. The lowest BCUT2D eigenvalue weighted by atomic mass is 9.87. The Morgan fingerprint density at radius 1 is 0.946 bits per heavy atom. The first-order valence-electron chi connectivity index (χ1n) is 12.1. The number of methoxy groups -OCH3 is 1. The Labute approximate surface area is 216 Å². The van der Waals surface area contributed by atoms with Gasteiger partial charge in [-0.2, -0.15) is 0 Å². The van der Waals surface area contributed by atoms with Crippen molar-refractivity contribution in [3.63, 3.8) is 0 Å². The fourth-order valence-electron chi connectivity index (χ4n) is 4.07. The predicted octanol–water partition coefficient (Wildman–Crippen LogP) is 6.70. The third kappa shape index (κ3) is 5.30. The molecule has 0 fully saturated rings. The van der Waals surface area contributed by atoms with E-state index >= 15 is 0 Å². The molecule has 0 aliphatic carbocycles. The molecule has 0 saturated carbocycles. The van der Waals surface area contributed by atoms with Crippen LogP contribution in [0.15, 0.2) is 91.4 Å². The molecule has 0 unspecified atom stereocenters. The molecule has 37 heavy (non-hydrogen) atoms. The maximum absolute atomic E-state index is 12.9. The molecule has 0 aliphatic rings. The number of rotatable bonds is 6. The van der Waals surface area contributed by atoms with E-state index in [1.165, 1.54) is 5.56 Å². The molecule has 1 amide bonds. The minimum absolute atomic E-state index is 0.0347. The third-order valence-corrected chi connectivity index (χ3v) is 6.14. The molecule has 7 nitrogen and oxygen atoms in total. The largest absolute Gasteiger partial charge is 0.497 e. The lowest BCUT2D eigenvalue weighted by molar-refractivity contribution is 0.102. The first-order chi connectivity index (χ1) is 17.8. The van der Waals surface area contributed by atoms with E-state index in [1.54, 1.807) is 13.3 Å². The number of nitrogens with one attached hydrogen (secondary N) is 2. The van der Waals surface area contributed by atoms with E-state index in [1.807, 2.05) is 89.6 Å². The topological polar surface area (TPSA) is 80.5 Å². The summed E-state index contributed by atoms with van der Waals surface area (Å²) >= 11 is 0. The van der Waals surface area contributed by atoms with Crippen LogP contribution in [0.5, 0.6) is 5.75 Å². The summed E-state index contributed by atoms with van der Waals surface area (Å²) in [4.78, 5) is 22.2. The van der Waals surface area contributed by atoms with Crippen molar-refractivity contribution in [3.05, 3.63) is 103 Å². The summed E-state index contributed by atoms with van der Waals surface area (Å²) in [6.07, 6.45) is 5.54. The van der Waals surface area contributed by atoms with Gasteiger partial charge in [0.25, 0.3) is 5.91 Å². The Balaban J connectivity index is 1.42. The molecule has 0 atom stereocenters. The molecule has 5 rings (SSSR count). The van der Waals surface area contributed by atoms with E-state index in [-0.39, 0.29) is 11.3 Å². The summed E-state index contributed by atoms with van der Waals surface area (Å²) in [5, 5.41) is 6.37. The Kier molecular flexibility index (Phi) is 6.36. The van der Waals surface area contributed by atoms with Crippen LogP contribution in [0, 0.1) is 0 Å². The van der Waals surface area contributed by atoms with Crippen molar-refractivity contribution in [2.45, 2.75) is 26.2 Å². The van der Waals surface area contributed by atoms with Crippen molar-refractivity contribution in [3.8, 4) is 17.0 Å². The average molecular weight is 492 g/mol. The SMILES string of the molecule is COc1cccc(Nc2nc(-c3cccc(NC(=O)c4ccc(C(C)(C)C)cc4)c3)cn3ccnc23)c1. The highest BCUT2D eigenvalue weighted by Gasteiger charge is 2.15. The van der Waals surface area contributed by atoms with Crippen LogP contribution < -0.4 is 15.4 Å². The van der Waals surface area contributed by atoms with Crippen LogP contribution in [-0.4, -0.2) is 27.4 Å². The molecular weight excluding hydrogens is 462 g/mol. The molecule has 0 radical (unpaired) electrons. The summed E-state index contributed by atoms with van der Waals surface area (Å²) in [5.74, 6) is 1.21. The second-order valence-electron chi connectivity index (χ2n) is 9.85. The van der Waals surface area contributed by atoms with Crippen molar-refractivity contribution in [2.75, 3.05) is 17.7 Å². The summed E-state index contributed by atoms with van der Waals surface area (Å²) in [7, 11) is 1.64. The number of benzene rings is 3. The minimum atomic E-state index is -0.156. The van der Waals surface area contributed by atoms with Crippen LogP contribution in [0.1, 0.15) is 36.7 Å². The number of ether oxygens (including phenoxy) is 1. The number of nitrogens with zero attached hydrogens (tertiary/aromatic N) is 3. The third-order valence-electron chi connectivity index (χ3n) is 6.14. The first kappa shape index (κ1) is 24.1. The van der Waals surface area contributed by atoms with Crippen LogP contribution in [0.3, 0.4) is 0 Å². The summed E-state index contributed by atoms with van der Waals surface area (Å²) < 4.78 is 7.26. The lowest BCUT2D eigenvalue weighted by Gasteiger charge is -2.19. The Hall–Kier alpha value is -4.65. The fraction of sp³-hybridized carbons (Fsp3) is 0.167. The lowest BCUT2D eigenvalue weighted by Crippen LogP contribution is -2.14. The zero-order chi connectivity index (χ0) is 26.0. The standard InChI is InChI=1S/C30H29N5O2/c1-30(2,3)22-13-11-20(12-14-22)29(36)33-23-8-5-7-21(17-23)26-19-35-16-15-31-28(35)27(34-26)32-24-9-6-10-25(18-24)37-4/h5-19H,1-4H3,(H,32,34)(H,33,36). The quantitative estimate of drug-likeness (QED) is 0.276. The molecule has 186 valence electrons. The van der Waals surface area contributed by atoms with E-state index in [2.05, 4.69) is 36.4 Å². The number of hydrogen-bond donors (Lipinski definition) is 2. The van der Waals surface area contributed by atoms with Gasteiger partial charge in [0.2, 0.25) is 0 Å². The minimum Gasteiger partial charge on any atom is -0.497 e. The van der Waals surface area contributed by atoms with Crippen LogP contribution in [0.4, 0.5) is 17.2 Å². The fourth-order valence-corrected chi connectivity index (χ4v) is 4.07. The highest BCUT2D eigenvalue weighted by Crippen LogP contribution is 2.28. The Morgan fingerprint density at radius 2 is 1.70 bits per heavy atom. The van der Waals surface area contributed by atoms with Gasteiger partial charge in [0.05, 0.1) is 12.8 Å². The number of fused-ring (bicyclic) bond motifs is 1. The number of carbonyl (C=O) groups excluding carboxylic acids is 1. The molecule has 0 saturated heterocycles. The van der Waals surface area contributed by atoms with Crippen molar-refractivity contribution >= 4 is 28.7 Å². The number of imidazole rings is 1. The first-order valence-corrected chi connectivity index (χ1v) is 12.1. The smallest absolute Gasteiger partial charge is 0.255 e. The second kappa shape index (κ2) is 9.78. The molecule has 5 aromatic rings.